The monoisotopic (exact) mass is 226 g/mol. The minimum atomic E-state index is -0.955. The molecule has 0 aliphatic rings. The summed E-state index contributed by atoms with van der Waals surface area (Å²) in [4.78, 5) is 10.9. The molecule has 5 nitrogen and oxygen atoms in total. The van der Waals surface area contributed by atoms with Crippen LogP contribution in [0.4, 0.5) is 0 Å². The number of H-pyrrole nitrogens is 1. The standard InChI is InChI=1S/C11H18N2O3/c1-11(2,3)9-7(6-12-13-9)5-8(16-4)10(14)15/h6,8H,5H2,1-4H3,(H,12,13)(H,14,15). The summed E-state index contributed by atoms with van der Waals surface area (Å²) in [6.45, 7) is 6.14. The van der Waals surface area contributed by atoms with E-state index in [-0.39, 0.29) is 5.41 Å². The highest BCUT2D eigenvalue weighted by molar-refractivity contribution is 5.72. The second kappa shape index (κ2) is 4.65. The molecule has 1 aromatic heterocycles. The third-order valence-corrected chi connectivity index (χ3v) is 2.43. The van der Waals surface area contributed by atoms with E-state index in [4.69, 9.17) is 9.84 Å². The Labute approximate surface area is 94.8 Å². The average Bonchev–Trinajstić information content (AvgIpc) is 2.60. The quantitative estimate of drug-likeness (QED) is 0.812. The summed E-state index contributed by atoms with van der Waals surface area (Å²) in [7, 11) is 1.40. The predicted molar refractivity (Wildman–Crippen MR) is 59.4 cm³/mol. The molecular formula is C11H18N2O3. The Balaban J connectivity index is 2.89. The van der Waals surface area contributed by atoms with Crippen molar-refractivity contribution < 1.29 is 14.6 Å². The van der Waals surface area contributed by atoms with Crippen molar-refractivity contribution in [2.75, 3.05) is 7.11 Å². The molecule has 1 atom stereocenters. The Kier molecular flexibility index (Phi) is 3.70. The summed E-state index contributed by atoms with van der Waals surface area (Å²) in [5.41, 5.74) is 1.76. The number of carboxylic acids is 1. The van der Waals surface area contributed by atoms with Gasteiger partial charge in [0.2, 0.25) is 0 Å². The van der Waals surface area contributed by atoms with Crippen molar-refractivity contribution >= 4 is 5.97 Å². The fourth-order valence-corrected chi connectivity index (χ4v) is 1.59. The van der Waals surface area contributed by atoms with Crippen molar-refractivity contribution in [3.05, 3.63) is 17.5 Å². The first kappa shape index (κ1) is 12.7. The number of carbonyl (C=O) groups is 1. The topological polar surface area (TPSA) is 75.2 Å². The number of nitrogens with zero attached hydrogens (tertiary/aromatic N) is 1. The average molecular weight is 226 g/mol. The fourth-order valence-electron chi connectivity index (χ4n) is 1.59. The SMILES string of the molecule is COC(Cc1cn[nH]c1C(C)(C)C)C(=O)O. The molecule has 0 fully saturated rings. The van der Waals surface area contributed by atoms with Crippen LogP contribution in [0.15, 0.2) is 6.20 Å². The lowest BCUT2D eigenvalue weighted by Gasteiger charge is -2.19. The van der Waals surface area contributed by atoms with Crippen molar-refractivity contribution in [2.24, 2.45) is 0 Å². The van der Waals surface area contributed by atoms with E-state index in [1.807, 2.05) is 20.8 Å². The number of aromatic nitrogens is 2. The molecular weight excluding hydrogens is 208 g/mol. The van der Waals surface area contributed by atoms with Crippen LogP contribution in [0.2, 0.25) is 0 Å². The van der Waals surface area contributed by atoms with Gasteiger partial charge in [-0.05, 0) is 5.56 Å². The van der Waals surface area contributed by atoms with Gasteiger partial charge in [0.15, 0.2) is 6.10 Å². The van der Waals surface area contributed by atoms with Gasteiger partial charge in [-0.1, -0.05) is 20.8 Å². The number of rotatable bonds is 4. The van der Waals surface area contributed by atoms with Crippen molar-refractivity contribution in [3.63, 3.8) is 0 Å². The van der Waals surface area contributed by atoms with Gasteiger partial charge >= 0.3 is 5.97 Å². The zero-order valence-corrected chi connectivity index (χ0v) is 10.1. The van der Waals surface area contributed by atoms with Gasteiger partial charge < -0.3 is 9.84 Å². The van der Waals surface area contributed by atoms with Gasteiger partial charge in [-0.2, -0.15) is 5.10 Å². The molecule has 5 heteroatoms. The Hall–Kier alpha value is -1.36. The highest BCUT2D eigenvalue weighted by Gasteiger charge is 2.24. The molecule has 1 aromatic rings. The van der Waals surface area contributed by atoms with Crippen LogP contribution in [-0.4, -0.2) is 34.5 Å². The van der Waals surface area contributed by atoms with E-state index >= 15 is 0 Å². The summed E-state index contributed by atoms with van der Waals surface area (Å²) >= 11 is 0. The number of hydrogen-bond acceptors (Lipinski definition) is 3. The molecule has 0 aromatic carbocycles. The van der Waals surface area contributed by atoms with Crippen LogP contribution in [0.25, 0.3) is 0 Å². The third-order valence-electron chi connectivity index (χ3n) is 2.43. The van der Waals surface area contributed by atoms with E-state index in [2.05, 4.69) is 10.2 Å². The first-order valence-electron chi connectivity index (χ1n) is 5.14. The minimum absolute atomic E-state index is 0.0807. The molecule has 16 heavy (non-hydrogen) atoms. The van der Waals surface area contributed by atoms with Gasteiger partial charge in [0, 0.05) is 24.6 Å². The summed E-state index contributed by atoms with van der Waals surface area (Å²) in [5, 5.41) is 15.8. The zero-order valence-electron chi connectivity index (χ0n) is 10.1. The van der Waals surface area contributed by atoms with E-state index in [0.29, 0.717) is 6.42 Å². The molecule has 0 aliphatic carbocycles. The van der Waals surface area contributed by atoms with E-state index in [0.717, 1.165) is 11.3 Å². The van der Waals surface area contributed by atoms with Gasteiger partial charge in [0.05, 0.1) is 6.20 Å². The maximum atomic E-state index is 10.9. The number of carboxylic acid groups (broad SMARTS) is 1. The van der Waals surface area contributed by atoms with E-state index < -0.39 is 12.1 Å². The Bertz CT molecular complexity index is 366. The normalized spacial score (nSPS) is 13.8. The summed E-state index contributed by atoms with van der Waals surface area (Å²) in [5.74, 6) is -0.955. The van der Waals surface area contributed by atoms with Crippen molar-refractivity contribution in [3.8, 4) is 0 Å². The van der Waals surface area contributed by atoms with Gasteiger partial charge in [0.25, 0.3) is 0 Å². The van der Waals surface area contributed by atoms with E-state index in [1.165, 1.54) is 7.11 Å². The van der Waals surface area contributed by atoms with Crippen LogP contribution in [0, 0.1) is 0 Å². The molecule has 0 spiro atoms. The summed E-state index contributed by atoms with van der Waals surface area (Å²) < 4.78 is 4.91. The Morgan fingerprint density at radius 1 is 1.62 bits per heavy atom. The minimum Gasteiger partial charge on any atom is -0.479 e. The van der Waals surface area contributed by atoms with Gasteiger partial charge in [0.1, 0.15) is 0 Å². The van der Waals surface area contributed by atoms with Gasteiger partial charge in [-0.15, -0.1) is 0 Å². The van der Waals surface area contributed by atoms with Crippen LogP contribution in [0.5, 0.6) is 0 Å². The third kappa shape index (κ3) is 2.82. The second-order valence-corrected chi connectivity index (χ2v) is 4.79. The molecule has 0 amide bonds. The van der Waals surface area contributed by atoms with Gasteiger partial charge in [-0.25, -0.2) is 4.79 Å². The molecule has 90 valence electrons. The number of aromatic amines is 1. The van der Waals surface area contributed by atoms with Crippen molar-refractivity contribution in [2.45, 2.75) is 38.7 Å². The summed E-state index contributed by atoms with van der Waals surface area (Å²) in [6.07, 6.45) is 1.17. The van der Waals surface area contributed by atoms with Gasteiger partial charge in [-0.3, -0.25) is 5.10 Å². The van der Waals surface area contributed by atoms with Crippen LogP contribution in [0.3, 0.4) is 0 Å². The van der Waals surface area contributed by atoms with Crippen LogP contribution in [0.1, 0.15) is 32.0 Å². The molecule has 2 N–H and O–H groups in total. The lowest BCUT2D eigenvalue weighted by molar-refractivity contribution is -0.148. The molecule has 1 unspecified atom stereocenters. The van der Waals surface area contributed by atoms with Crippen LogP contribution in [-0.2, 0) is 21.4 Å². The molecule has 0 saturated carbocycles. The zero-order chi connectivity index (χ0) is 12.3. The fraction of sp³-hybridized carbons (Fsp3) is 0.636. The van der Waals surface area contributed by atoms with E-state index in [1.54, 1.807) is 6.20 Å². The first-order chi connectivity index (χ1) is 7.36. The molecule has 0 bridgehead atoms. The highest BCUT2D eigenvalue weighted by atomic mass is 16.5. The highest BCUT2D eigenvalue weighted by Crippen LogP contribution is 2.24. The number of ether oxygens (including phenoxy) is 1. The van der Waals surface area contributed by atoms with Crippen LogP contribution < -0.4 is 0 Å². The molecule has 0 radical (unpaired) electrons. The van der Waals surface area contributed by atoms with Crippen molar-refractivity contribution in [1.82, 2.24) is 10.2 Å². The maximum Gasteiger partial charge on any atom is 0.333 e. The summed E-state index contributed by atoms with van der Waals surface area (Å²) in [6, 6.07) is 0. The number of nitrogens with one attached hydrogen (secondary N) is 1. The second-order valence-electron chi connectivity index (χ2n) is 4.79. The number of hydrogen-bond donors (Lipinski definition) is 2. The smallest absolute Gasteiger partial charge is 0.333 e. The molecule has 1 heterocycles. The largest absolute Gasteiger partial charge is 0.479 e. The number of methoxy groups -OCH3 is 1. The molecule has 0 saturated heterocycles. The first-order valence-corrected chi connectivity index (χ1v) is 5.14. The lowest BCUT2D eigenvalue weighted by Crippen LogP contribution is -2.26. The Morgan fingerprint density at radius 3 is 2.69 bits per heavy atom. The molecule has 1 rings (SSSR count). The van der Waals surface area contributed by atoms with Crippen LogP contribution >= 0.6 is 0 Å². The van der Waals surface area contributed by atoms with Crippen molar-refractivity contribution in [1.29, 1.82) is 0 Å². The predicted octanol–water partition coefficient (Wildman–Crippen LogP) is 1.35. The lowest BCUT2D eigenvalue weighted by atomic mass is 9.88. The Morgan fingerprint density at radius 2 is 2.25 bits per heavy atom. The number of aliphatic carboxylic acids is 1. The molecule has 0 aliphatic heterocycles. The maximum absolute atomic E-state index is 10.9. The van der Waals surface area contributed by atoms with E-state index in [9.17, 15) is 4.79 Å².